The van der Waals surface area contributed by atoms with Gasteiger partial charge in [0.1, 0.15) is 0 Å². The van der Waals surface area contributed by atoms with Crippen LogP contribution in [0.5, 0.6) is 0 Å². The summed E-state index contributed by atoms with van der Waals surface area (Å²) in [5.74, 6) is 0. The number of unbranched alkanes of at least 4 members (excludes halogenated alkanes) is 1. The Kier molecular flexibility index (Phi) is 8.01. The molecular weight excluding hydrogens is 404 g/mol. The first-order valence-electron chi connectivity index (χ1n) is 10.6. The molecule has 1 saturated heterocycles. The van der Waals surface area contributed by atoms with E-state index in [-0.39, 0.29) is 6.09 Å². The van der Waals surface area contributed by atoms with Crippen molar-refractivity contribution in [1.82, 2.24) is 9.80 Å². The molecule has 27 heavy (non-hydrogen) atoms. The third-order valence-corrected chi connectivity index (χ3v) is 6.32. The second kappa shape index (κ2) is 10.5. The topological polar surface area (TPSA) is 32.8 Å². The van der Waals surface area contributed by atoms with E-state index < -0.39 is 0 Å². The lowest BCUT2D eigenvalue weighted by Gasteiger charge is -2.35. The minimum atomic E-state index is -0.118. The predicted octanol–water partition coefficient (Wildman–Crippen LogP) is 5.03. The van der Waals surface area contributed by atoms with Gasteiger partial charge in [-0.15, -0.1) is 0 Å². The average Bonchev–Trinajstić information content (AvgIpc) is 2.88. The van der Waals surface area contributed by atoms with Gasteiger partial charge in [-0.05, 0) is 87.7 Å². The van der Waals surface area contributed by atoms with Crippen LogP contribution >= 0.6 is 15.9 Å². The number of carbonyl (C=O) groups is 1. The Morgan fingerprint density at radius 2 is 2.11 bits per heavy atom. The Bertz CT molecular complexity index is 622. The molecule has 0 saturated carbocycles. The van der Waals surface area contributed by atoms with Gasteiger partial charge in [-0.1, -0.05) is 28.9 Å². The number of hydrogen-bond acceptors (Lipinski definition) is 3. The lowest BCUT2D eigenvalue weighted by atomic mass is 9.87. The number of hydrogen-bond donors (Lipinski definition) is 0. The quantitative estimate of drug-likeness (QED) is 0.535. The monoisotopic (exact) mass is 436 g/mol. The summed E-state index contributed by atoms with van der Waals surface area (Å²) in [6, 6.07) is 7.41. The predicted molar refractivity (Wildman–Crippen MR) is 113 cm³/mol. The van der Waals surface area contributed by atoms with E-state index in [0.29, 0.717) is 12.6 Å². The fraction of sp³-hybridized carbons (Fsp3) is 0.682. The van der Waals surface area contributed by atoms with Gasteiger partial charge < -0.3 is 14.5 Å². The number of fused-ring (bicyclic) bond motifs is 1. The van der Waals surface area contributed by atoms with Crippen LogP contribution in [0, 0.1) is 0 Å². The van der Waals surface area contributed by atoms with Crippen LogP contribution in [-0.2, 0) is 17.6 Å². The maximum Gasteiger partial charge on any atom is 0.409 e. The maximum absolute atomic E-state index is 11.9. The van der Waals surface area contributed by atoms with Crippen molar-refractivity contribution in [3.05, 3.63) is 33.8 Å². The van der Waals surface area contributed by atoms with Crippen LogP contribution in [0.3, 0.4) is 0 Å². The molecule has 1 unspecified atom stereocenters. The summed E-state index contributed by atoms with van der Waals surface area (Å²) in [6.45, 7) is 6.84. The minimum absolute atomic E-state index is 0.118. The van der Waals surface area contributed by atoms with Crippen molar-refractivity contribution in [2.45, 2.75) is 64.3 Å². The normalized spacial score (nSPS) is 20.3. The zero-order valence-corrected chi connectivity index (χ0v) is 18.2. The number of halogens is 1. The first-order chi connectivity index (χ1) is 13.2. The van der Waals surface area contributed by atoms with Crippen LogP contribution in [0.15, 0.2) is 22.7 Å². The summed E-state index contributed by atoms with van der Waals surface area (Å²) in [7, 11) is 0. The molecule has 1 fully saturated rings. The van der Waals surface area contributed by atoms with E-state index in [2.05, 4.69) is 46.0 Å². The zero-order valence-electron chi connectivity index (χ0n) is 16.6. The molecule has 150 valence electrons. The van der Waals surface area contributed by atoms with Crippen LogP contribution in [0.2, 0.25) is 0 Å². The summed E-state index contributed by atoms with van der Waals surface area (Å²) in [4.78, 5) is 16.5. The molecule has 0 spiro atoms. The Labute approximate surface area is 172 Å². The van der Waals surface area contributed by atoms with Gasteiger partial charge in [-0.25, -0.2) is 4.79 Å². The number of nitrogens with zero attached hydrogens (tertiary/aromatic N) is 2. The van der Waals surface area contributed by atoms with Crippen LogP contribution in [0.25, 0.3) is 0 Å². The van der Waals surface area contributed by atoms with Crippen molar-refractivity contribution in [2.75, 3.05) is 32.8 Å². The number of amides is 1. The van der Waals surface area contributed by atoms with Gasteiger partial charge in [-0.3, -0.25) is 0 Å². The van der Waals surface area contributed by atoms with E-state index in [4.69, 9.17) is 4.74 Å². The molecule has 2 aliphatic rings. The zero-order chi connectivity index (χ0) is 19.1. The first kappa shape index (κ1) is 20.7. The summed E-state index contributed by atoms with van der Waals surface area (Å²) in [5, 5.41) is 0. The number of ether oxygens (including phenoxy) is 1. The van der Waals surface area contributed by atoms with E-state index in [0.717, 1.165) is 45.3 Å². The molecule has 1 aromatic rings. The van der Waals surface area contributed by atoms with E-state index in [1.165, 1.54) is 47.8 Å². The van der Waals surface area contributed by atoms with Crippen LogP contribution in [-0.4, -0.2) is 54.7 Å². The molecule has 1 amide bonds. The largest absolute Gasteiger partial charge is 0.449 e. The van der Waals surface area contributed by atoms with Gasteiger partial charge in [0.25, 0.3) is 0 Å². The standard InChI is InChI=1S/C22H33BrN2O2/c1-2-11-24(12-3-4-13-25-14-5-6-15-27-22(25)26)21-10-8-18-16-20(23)9-7-19(18)17-21/h7,9,16,21H,2-6,8,10-15,17H2,1H3. The van der Waals surface area contributed by atoms with Gasteiger partial charge in [0.05, 0.1) is 6.61 Å². The van der Waals surface area contributed by atoms with Gasteiger partial charge in [0, 0.05) is 23.6 Å². The molecule has 3 rings (SSSR count). The van der Waals surface area contributed by atoms with Gasteiger partial charge in [0.2, 0.25) is 0 Å². The smallest absolute Gasteiger partial charge is 0.409 e. The SMILES string of the molecule is CCCN(CCCCN1CCCCOC1=O)C1CCc2cc(Br)ccc2C1. The molecule has 1 aliphatic carbocycles. The maximum atomic E-state index is 11.9. The van der Waals surface area contributed by atoms with Gasteiger partial charge in [0.15, 0.2) is 0 Å². The van der Waals surface area contributed by atoms with Crippen LogP contribution in [0.4, 0.5) is 4.79 Å². The molecular formula is C22H33BrN2O2. The van der Waals surface area contributed by atoms with Crippen molar-refractivity contribution in [1.29, 1.82) is 0 Å². The Balaban J connectivity index is 1.47. The van der Waals surface area contributed by atoms with E-state index in [1.54, 1.807) is 0 Å². The second-order valence-electron chi connectivity index (χ2n) is 7.86. The molecule has 1 aliphatic heterocycles. The van der Waals surface area contributed by atoms with Gasteiger partial charge >= 0.3 is 6.09 Å². The molecule has 0 radical (unpaired) electrons. The third kappa shape index (κ3) is 5.95. The van der Waals surface area contributed by atoms with Crippen LogP contribution < -0.4 is 0 Å². The lowest BCUT2D eigenvalue weighted by Crippen LogP contribution is -2.40. The summed E-state index contributed by atoms with van der Waals surface area (Å²) >= 11 is 3.60. The molecule has 4 nitrogen and oxygen atoms in total. The first-order valence-corrected chi connectivity index (χ1v) is 11.4. The van der Waals surface area contributed by atoms with Crippen molar-refractivity contribution >= 4 is 22.0 Å². The number of carbonyl (C=O) groups excluding carboxylic acids is 1. The van der Waals surface area contributed by atoms with Gasteiger partial charge in [-0.2, -0.15) is 0 Å². The number of rotatable bonds is 8. The number of cyclic esters (lactones) is 1. The summed E-state index contributed by atoms with van der Waals surface area (Å²) in [6.07, 6.45) is 8.94. The van der Waals surface area contributed by atoms with Crippen molar-refractivity contribution in [2.24, 2.45) is 0 Å². The molecule has 0 N–H and O–H groups in total. The highest BCUT2D eigenvalue weighted by Crippen LogP contribution is 2.27. The Morgan fingerprint density at radius 1 is 1.22 bits per heavy atom. The van der Waals surface area contributed by atoms with E-state index in [1.807, 2.05) is 4.90 Å². The molecule has 1 atom stereocenters. The molecule has 1 heterocycles. The fourth-order valence-electron chi connectivity index (χ4n) is 4.35. The third-order valence-electron chi connectivity index (χ3n) is 5.83. The van der Waals surface area contributed by atoms with Crippen molar-refractivity contribution < 1.29 is 9.53 Å². The molecule has 1 aromatic carbocycles. The van der Waals surface area contributed by atoms with Crippen molar-refractivity contribution in [3.63, 3.8) is 0 Å². The Hall–Kier alpha value is -1.07. The number of benzene rings is 1. The lowest BCUT2D eigenvalue weighted by molar-refractivity contribution is 0.114. The molecule has 0 aromatic heterocycles. The summed E-state index contributed by atoms with van der Waals surface area (Å²) in [5.41, 5.74) is 3.03. The second-order valence-corrected chi connectivity index (χ2v) is 8.78. The van der Waals surface area contributed by atoms with Crippen LogP contribution in [0.1, 0.15) is 56.6 Å². The summed E-state index contributed by atoms with van der Waals surface area (Å²) < 4.78 is 6.43. The molecule has 5 heteroatoms. The average molecular weight is 437 g/mol. The van der Waals surface area contributed by atoms with E-state index >= 15 is 0 Å². The Morgan fingerprint density at radius 3 is 2.96 bits per heavy atom. The van der Waals surface area contributed by atoms with E-state index in [9.17, 15) is 4.79 Å². The number of aryl methyl sites for hydroxylation is 1. The highest BCUT2D eigenvalue weighted by molar-refractivity contribution is 9.10. The fourth-order valence-corrected chi connectivity index (χ4v) is 4.76. The highest BCUT2D eigenvalue weighted by atomic mass is 79.9. The molecule has 0 bridgehead atoms. The van der Waals surface area contributed by atoms with Crippen molar-refractivity contribution in [3.8, 4) is 0 Å². The minimum Gasteiger partial charge on any atom is -0.449 e. The highest BCUT2D eigenvalue weighted by Gasteiger charge is 2.24.